The average Bonchev–Trinajstić information content (AvgIpc) is 2.70. The smallest absolute Gasteiger partial charge is 0.155 e. The van der Waals surface area contributed by atoms with Crippen LogP contribution in [0.15, 0.2) is 24.3 Å². The first-order valence-electron chi connectivity index (χ1n) is 5.45. The molecule has 0 amide bonds. The number of aromatic nitrogens is 3. The zero-order valence-electron chi connectivity index (χ0n) is 10.1. The molecule has 0 saturated carbocycles. The molecule has 0 spiro atoms. The van der Waals surface area contributed by atoms with Crippen molar-refractivity contribution in [1.82, 2.24) is 14.8 Å². The minimum Gasteiger partial charge on any atom is -0.496 e. The van der Waals surface area contributed by atoms with Crippen molar-refractivity contribution in [3.63, 3.8) is 0 Å². The maximum absolute atomic E-state index is 5.57. The molecule has 0 atom stereocenters. The van der Waals surface area contributed by atoms with Crippen LogP contribution in [-0.2, 0) is 20.0 Å². The van der Waals surface area contributed by atoms with Gasteiger partial charge < -0.3 is 10.5 Å². The van der Waals surface area contributed by atoms with Crippen molar-refractivity contribution in [2.75, 3.05) is 7.11 Å². The number of benzene rings is 1. The SMILES string of the molecule is COc1ccccc1Cc1nc(CN)n(C)n1. The first-order valence-corrected chi connectivity index (χ1v) is 5.45. The molecular formula is C12H16N4O. The zero-order valence-corrected chi connectivity index (χ0v) is 10.1. The van der Waals surface area contributed by atoms with Crippen molar-refractivity contribution in [2.24, 2.45) is 12.8 Å². The third-order valence-corrected chi connectivity index (χ3v) is 2.62. The molecule has 2 rings (SSSR count). The summed E-state index contributed by atoms with van der Waals surface area (Å²) in [5.74, 6) is 2.40. The predicted molar refractivity (Wildman–Crippen MR) is 64.7 cm³/mol. The highest BCUT2D eigenvalue weighted by atomic mass is 16.5. The van der Waals surface area contributed by atoms with Gasteiger partial charge in [0.25, 0.3) is 0 Å². The summed E-state index contributed by atoms with van der Waals surface area (Å²) >= 11 is 0. The third kappa shape index (κ3) is 2.45. The third-order valence-electron chi connectivity index (χ3n) is 2.62. The molecule has 0 aliphatic heterocycles. The number of aryl methyl sites for hydroxylation is 1. The summed E-state index contributed by atoms with van der Waals surface area (Å²) in [5, 5.41) is 4.32. The van der Waals surface area contributed by atoms with E-state index < -0.39 is 0 Å². The fraction of sp³-hybridized carbons (Fsp3) is 0.333. The molecule has 1 aromatic heterocycles. The summed E-state index contributed by atoms with van der Waals surface area (Å²) in [6, 6.07) is 7.86. The summed E-state index contributed by atoms with van der Waals surface area (Å²) in [6.07, 6.45) is 0.651. The van der Waals surface area contributed by atoms with Crippen molar-refractivity contribution in [3.8, 4) is 5.75 Å². The molecule has 0 saturated heterocycles. The van der Waals surface area contributed by atoms with Crippen molar-refractivity contribution in [1.29, 1.82) is 0 Å². The van der Waals surface area contributed by atoms with E-state index in [0.29, 0.717) is 13.0 Å². The predicted octanol–water partition coefficient (Wildman–Crippen LogP) is 0.873. The number of nitrogens with zero attached hydrogens (tertiary/aromatic N) is 3. The van der Waals surface area contributed by atoms with E-state index in [2.05, 4.69) is 10.1 Å². The molecule has 1 heterocycles. The van der Waals surface area contributed by atoms with Crippen molar-refractivity contribution in [3.05, 3.63) is 41.5 Å². The number of nitrogens with two attached hydrogens (primary N) is 1. The van der Waals surface area contributed by atoms with E-state index in [9.17, 15) is 0 Å². The van der Waals surface area contributed by atoms with Gasteiger partial charge in [0.15, 0.2) is 5.82 Å². The van der Waals surface area contributed by atoms with E-state index >= 15 is 0 Å². The molecule has 1 aromatic carbocycles. The maximum Gasteiger partial charge on any atom is 0.155 e. The summed E-state index contributed by atoms with van der Waals surface area (Å²) in [6.45, 7) is 0.398. The van der Waals surface area contributed by atoms with Crippen LogP contribution in [0.25, 0.3) is 0 Å². The molecule has 0 aliphatic carbocycles. The Morgan fingerprint density at radius 2 is 2.12 bits per heavy atom. The molecule has 2 N–H and O–H groups in total. The van der Waals surface area contributed by atoms with E-state index in [0.717, 1.165) is 23.0 Å². The van der Waals surface area contributed by atoms with Gasteiger partial charge in [0.1, 0.15) is 11.6 Å². The molecule has 17 heavy (non-hydrogen) atoms. The van der Waals surface area contributed by atoms with Crippen molar-refractivity contribution in [2.45, 2.75) is 13.0 Å². The Bertz CT molecular complexity index is 507. The minimum absolute atomic E-state index is 0.398. The lowest BCUT2D eigenvalue weighted by Crippen LogP contribution is -2.05. The van der Waals surface area contributed by atoms with E-state index in [1.165, 1.54) is 0 Å². The van der Waals surface area contributed by atoms with Crippen molar-refractivity contribution < 1.29 is 4.74 Å². The maximum atomic E-state index is 5.57. The van der Waals surface area contributed by atoms with Crippen LogP contribution in [0.3, 0.4) is 0 Å². The van der Waals surface area contributed by atoms with Crippen molar-refractivity contribution >= 4 is 0 Å². The number of rotatable bonds is 4. The van der Waals surface area contributed by atoms with Gasteiger partial charge in [-0.25, -0.2) is 4.98 Å². The first kappa shape index (κ1) is 11.6. The highest BCUT2D eigenvalue weighted by Crippen LogP contribution is 2.19. The number of hydrogen-bond acceptors (Lipinski definition) is 4. The number of ether oxygens (including phenoxy) is 1. The topological polar surface area (TPSA) is 66.0 Å². The van der Waals surface area contributed by atoms with Gasteiger partial charge in [-0.05, 0) is 6.07 Å². The largest absolute Gasteiger partial charge is 0.496 e. The second-order valence-electron chi connectivity index (χ2n) is 3.76. The second-order valence-corrected chi connectivity index (χ2v) is 3.76. The van der Waals surface area contributed by atoms with Gasteiger partial charge in [-0.15, -0.1) is 0 Å². The van der Waals surface area contributed by atoms with Gasteiger partial charge in [0.05, 0.1) is 13.7 Å². The van der Waals surface area contributed by atoms with Gasteiger partial charge in [-0.1, -0.05) is 18.2 Å². The molecular weight excluding hydrogens is 216 g/mol. The molecule has 0 fully saturated rings. The molecule has 90 valence electrons. The van der Waals surface area contributed by atoms with Gasteiger partial charge in [-0.3, -0.25) is 4.68 Å². The van der Waals surface area contributed by atoms with Crippen LogP contribution in [0.2, 0.25) is 0 Å². The van der Waals surface area contributed by atoms with E-state index in [1.807, 2.05) is 31.3 Å². The Kier molecular flexibility index (Phi) is 3.39. The molecule has 5 heteroatoms. The van der Waals surface area contributed by atoms with Crippen LogP contribution < -0.4 is 10.5 Å². The number of hydrogen-bond donors (Lipinski definition) is 1. The summed E-state index contributed by atoms with van der Waals surface area (Å²) in [7, 11) is 3.51. The monoisotopic (exact) mass is 232 g/mol. The standard InChI is InChI=1S/C12H16N4O/c1-16-12(8-13)14-11(15-16)7-9-5-3-4-6-10(9)17-2/h3-6H,7-8,13H2,1-2H3. The zero-order chi connectivity index (χ0) is 12.3. The molecule has 0 bridgehead atoms. The average molecular weight is 232 g/mol. The van der Waals surface area contributed by atoms with E-state index in [4.69, 9.17) is 10.5 Å². The lowest BCUT2D eigenvalue weighted by Gasteiger charge is -2.05. The molecule has 0 unspecified atom stereocenters. The first-order chi connectivity index (χ1) is 8.24. The van der Waals surface area contributed by atoms with E-state index in [1.54, 1.807) is 11.8 Å². The number of methoxy groups -OCH3 is 1. The molecule has 0 aliphatic rings. The Morgan fingerprint density at radius 3 is 2.76 bits per heavy atom. The fourth-order valence-corrected chi connectivity index (χ4v) is 1.75. The van der Waals surface area contributed by atoms with Crippen LogP contribution in [0, 0.1) is 0 Å². The van der Waals surface area contributed by atoms with Crippen LogP contribution >= 0.6 is 0 Å². The Morgan fingerprint density at radius 1 is 1.35 bits per heavy atom. The van der Waals surface area contributed by atoms with Crippen LogP contribution in [0.1, 0.15) is 17.2 Å². The highest BCUT2D eigenvalue weighted by molar-refractivity contribution is 5.35. The van der Waals surface area contributed by atoms with Gasteiger partial charge in [0.2, 0.25) is 0 Å². The van der Waals surface area contributed by atoms with Crippen LogP contribution in [-0.4, -0.2) is 21.9 Å². The Hall–Kier alpha value is -1.88. The quantitative estimate of drug-likeness (QED) is 0.849. The van der Waals surface area contributed by atoms with Gasteiger partial charge in [0, 0.05) is 19.0 Å². The molecule has 0 radical (unpaired) electrons. The molecule has 2 aromatic rings. The molecule has 5 nitrogen and oxygen atoms in total. The summed E-state index contributed by atoms with van der Waals surface area (Å²) < 4.78 is 7.01. The lowest BCUT2D eigenvalue weighted by molar-refractivity contribution is 0.410. The normalized spacial score (nSPS) is 10.5. The van der Waals surface area contributed by atoms with Crippen LogP contribution in [0.5, 0.6) is 5.75 Å². The number of para-hydroxylation sites is 1. The van der Waals surface area contributed by atoms with Crippen LogP contribution in [0.4, 0.5) is 0 Å². The van der Waals surface area contributed by atoms with Gasteiger partial charge >= 0.3 is 0 Å². The second kappa shape index (κ2) is 4.97. The van der Waals surface area contributed by atoms with Gasteiger partial charge in [-0.2, -0.15) is 5.10 Å². The highest BCUT2D eigenvalue weighted by Gasteiger charge is 2.09. The fourth-order valence-electron chi connectivity index (χ4n) is 1.75. The Labute approximate surface area is 100 Å². The lowest BCUT2D eigenvalue weighted by atomic mass is 10.1. The van der Waals surface area contributed by atoms with E-state index in [-0.39, 0.29) is 0 Å². The Balaban J connectivity index is 2.25. The summed E-state index contributed by atoms with van der Waals surface area (Å²) in [4.78, 5) is 4.37. The minimum atomic E-state index is 0.398. The summed E-state index contributed by atoms with van der Waals surface area (Å²) in [5.41, 5.74) is 6.64.